The molecule has 3 unspecified atom stereocenters. The average molecular weight is 278 g/mol. The standard InChI is InChI=1S/C16H26N2O2/c1-5-11(3)15(17)16(19)18-12(4)13-8-7-9-14(10-13)20-6-2/h7-12,15H,5-6,17H2,1-4H3,(H,18,19). The van der Waals surface area contributed by atoms with Crippen molar-refractivity contribution in [2.45, 2.75) is 46.2 Å². The van der Waals surface area contributed by atoms with Crippen molar-refractivity contribution in [3.8, 4) is 5.75 Å². The Labute approximate surface area is 121 Å². The molecule has 0 radical (unpaired) electrons. The SMILES string of the molecule is CCOc1cccc(C(C)NC(=O)C(N)C(C)CC)c1. The van der Waals surface area contributed by atoms with Crippen molar-refractivity contribution in [2.75, 3.05) is 6.61 Å². The largest absolute Gasteiger partial charge is 0.494 e. The normalized spacial score (nSPS) is 15.2. The summed E-state index contributed by atoms with van der Waals surface area (Å²) in [7, 11) is 0. The molecule has 0 aliphatic heterocycles. The Balaban J connectivity index is 2.68. The zero-order valence-corrected chi connectivity index (χ0v) is 12.8. The van der Waals surface area contributed by atoms with E-state index >= 15 is 0 Å². The maximum Gasteiger partial charge on any atom is 0.237 e. The fourth-order valence-corrected chi connectivity index (χ4v) is 1.95. The van der Waals surface area contributed by atoms with Gasteiger partial charge < -0.3 is 15.8 Å². The molecule has 1 aromatic rings. The van der Waals surface area contributed by atoms with Crippen LogP contribution in [-0.2, 0) is 4.79 Å². The minimum absolute atomic E-state index is 0.0852. The highest BCUT2D eigenvalue weighted by Crippen LogP contribution is 2.19. The number of benzene rings is 1. The average Bonchev–Trinajstić information content (AvgIpc) is 2.46. The molecule has 1 amide bonds. The molecule has 0 saturated heterocycles. The number of ether oxygens (including phenoxy) is 1. The van der Waals surface area contributed by atoms with Crippen LogP contribution in [0, 0.1) is 5.92 Å². The number of nitrogens with one attached hydrogen (secondary N) is 1. The lowest BCUT2D eigenvalue weighted by Crippen LogP contribution is -2.45. The Hall–Kier alpha value is -1.55. The van der Waals surface area contributed by atoms with E-state index in [2.05, 4.69) is 5.32 Å². The predicted octanol–water partition coefficient (Wildman–Crippen LogP) is 2.64. The molecule has 0 spiro atoms. The van der Waals surface area contributed by atoms with Gasteiger partial charge in [-0.2, -0.15) is 0 Å². The van der Waals surface area contributed by atoms with Crippen molar-refractivity contribution < 1.29 is 9.53 Å². The molecule has 0 aromatic heterocycles. The van der Waals surface area contributed by atoms with Crippen LogP contribution in [0.5, 0.6) is 5.75 Å². The second-order valence-corrected chi connectivity index (χ2v) is 5.15. The molecule has 4 nitrogen and oxygen atoms in total. The molecule has 3 atom stereocenters. The third-order valence-electron chi connectivity index (χ3n) is 3.59. The maximum atomic E-state index is 12.1. The summed E-state index contributed by atoms with van der Waals surface area (Å²) in [5.41, 5.74) is 6.95. The fraction of sp³-hybridized carbons (Fsp3) is 0.562. The number of carbonyl (C=O) groups excluding carboxylic acids is 1. The number of hydrogen-bond acceptors (Lipinski definition) is 3. The van der Waals surface area contributed by atoms with E-state index in [9.17, 15) is 4.79 Å². The van der Waals surface area contributed by atoms with Crippen LogP contribution in [0.4, 0.5) is 0 Å². The monoisotopic (exact) mass is 278 g/mol. The van der Waals surface area contributed by atoms with Crippen LogP contribution >= 0.6 is 0 Å². The van der Waals surface area contributed by atoms with Gasteiger partial charge in [0.25, 0.3) is 0 Å². The van der Waals surface area contributed by atoms with Crippen LogP contribution in [0.2, 0.25) is 0 Å². The van der Waals surface area contributed by atoms with Gasteiger partial charge in [0.15, 0.2) is 0 Å². The fourth-order valence-electron chi connectivity index (χ4n) is 1.95. The molecule has 112 valence electrons. The summed E-state index contributed by atoms with van der Waals surface area (Å²) in [5.74, 6) is 0.892. The second-order valence-electron chi connectivity index (χ2n) is 5.15. The first-order valence-electron chi connectivity index (χ1n) is 7.28. The molecule has 0 saturated carbocycles. The van der Waals surface area contributed by atoms with Crippen molar-refractivity contribution in [3.63, 3.8) is 0 Å². The van der Waals surface area contributed by atoms with Gasteiger partial charge in [-0.1, -0.05) is 32.4 Å². The van der Waals surface area contributed by atoms with Gasteiger partial charge in [-0.3, -0.25) is 4.79 Å². The van der Waals surface area contributed by atoms with E-state index in [1.807, 2.05) is 52.0 Å². The van der Waals surface area contributed by atoms with Crippen molar-refractivity contribution in [3.05, 3.63) is 29.8 Å². The van der Waals surface area contributed by atoms with Gasteiger partial charge in [-0.25, -0.2) is 0 Å². The van der Waals surface area contributed by atoms with E-state index in [1.165, 1.54) is 0 Å². The summed E-state index contributed by atoms with van der Waals surface area (Å²) in [4.78, 5) is 12.1. The first-order chi connectivity index (χ1) is 9.49. The number of carbonyl (C=O) groups is 1. The summed E-state index contributed by atoms with van der Waals surface area (Å²) in [6, 6.07) is 7.21. The van der Waals surface area contributed by atoms with Gasteiger partial charge in [0, 0.05) is 0 Å². The lowest BCUT2D eigenvalue weighted by Gasteiger charge is -2.21. The van der Waals surface area contributed by atoms with E-state index in [0.717, 1.165) is 17.7 Å². The van der Waals surface area contributed by atoms with E-state index in [4.69, 9.17) is 10.5 Å². The molecule has 0 heterocycles. The van der Waals surface area contributed by atoms with Gasteiger partial charge in [-0.15, -0.1) is 0 Å². The van der Waals surface area contributed by atoms with Crippen LogP contribution in [0.1, 0.15) is 45.7 Å². The van der Waals surface area contributed by atoms with Crippen LogP contribution < -0.4 is 15.8 Å². The molecule has 0 fully saturated rings. The van der Waals surface area contributed by atoms with Crippen molar-refractivity contribution >= 4 is 5.91 Å². The predicted molar refractivity (Wildman–Crippen MR) is 81.6 cm³/mol. The Morgan fingerprint density at radius 1 is 1.35 bits per heavy atom. The molecular formula is C16H26N2O2. The highest BCUT2D eigenvalue weighted by Gasteiger charge is 2.21. The van der Waals surface area contributed by atoms with E-state index in [0.29, 0.717) is 6.61 Å². The van der Waals surface area contributed by atoms with Crippen LogP contribution in [0.3, 0.4) is 0 Å². The van der Waals surface area contributed by atoms with Crippen LogP contribution in [0.25, 0.3) is 0 Å². The number of amides is 1. The summed E-state index contributed by atoms with van der Waals surface area (Å²) < 4.78 is 5.47. The Morgan fingerprint density at radius 3 is 2.65 bits per heavy atom. The quantitative estimate of drug-likeness (QED) is 0.806. The van der Waals surface area contributed by atoms with Crippen molar-refractivity contribution in [2.24, 2.45) is 11.7 Å². The first kappa shape index (κ1) is 16.5. The van der Waals surface area contributed by atoms with Gasteiger partial charge in [0.2, 0.25) is 5.91 Å². The highest BCUT2D eigenvalue weighted by molar-refractivity contribution is 5.82. The van der Waals surface area contributed by atoms with E-state index in [-0.39, 0.29) is 17.9 Å². The molecule has 4 heteroatoms. The summed E-state index contributed by atoms with van der Waals surface area (Å²) >= 11 is 0. The molecule has 0 bridgehead atoms. The number of hydrogen-bond donors (Lipinski definition) is 2. The molecule has 0 aliphatic rings. The molecule has 3 N–H and O–H groups in total. The zero-order chi connectivity index (χ0) is 15.1. The van der Waals surface area contributed by atoms with E-state index in [1.54, 1.807) is 0 Å². The molecule has 1 aromatic carbocycles. The lowest BCUT2D eigenvalue weighted by atomic mass is 9.98. The highest BCUT2D eigenvalue weighted by atomic mass is 16.5. The van der Waals surface area contributed by atoms with Gasteiger partial charge >= 0.3 is 0 Å². The van der Waals surface area contributed by atoms with Gasteiger partial charge in [0.1, 0.15) is 5.75 Å². The third-order valence-corrected chi connectivity index (χ3v) is 3.59. The minimum Gasteiger partial charge on any atom is -0.494 e. The van der Waals surface area contributed by atoms with Crippen LogP contribution in [-0.4, -0.2) is 18.6 Å². The van der Waals surface area contributed by atoms with Crippen molar-refractivity contribution in [1.29, 1.82) is 0 Å². The topological polar surface area (TPSA) is 64.3 Å². The molecular weight excluding hydrogens is 252 g/mol. The molecule has 0 aliphatic carbocycles. The third kappa shape index (κ3) is 4.53. The maximum absolute atomic E-state index is 12.1. The zero-order valence-electron chi connectivity index (χ0n) is 12.8. The van der Waals surface area contributed by atoms with Gasteiger partial charge in [0.05, 0.1) is 18.7 Å². The summed E-state index contributed by atoms with van der Waals surface area (Å²) in [6.07, 6.45) is 0.892. The Morgan fingerprint density at radius 2 is 2.05 bits per heavy atom. The van der Waals surface area contributed by atoms with Crippen LogP contribution in [0.15, 0.2) is 24.3 Å². The Bertz CT molecular complexity index is 434. The van der Waals surface area contributed by atoms with E-state index < -0.39 is 6.04 Å². The van der Waals surface area contributed by atoms with Gasteiger partial charge in [-0.05, 0) is 37.5 Å². The first-order valence-corrected chi connectivity index (χ1v) is 7.28. The lowest BCUT2D eigenvalue weighted by molar-refractivity contribution is -0.124. The molecule has 20 heavy (non-hydrogen) atoms. The smallest absolute Gasteiger partial charge is 0.237 e. The second kappa shape index (κ2) is 7.90. The Kier molecular flexibility index (Phi) is 6.52. The summed E-state index contributed by atoms with van der Waals surface area (Å²) in [6.45, 7) is 8.55. The van der Waals surface area contributed by atoms with Crippen molar-refractivity contribution in [1.82, 2.24) is 5.32 Å². The number of rotatable bonds is 7. The minimum atomic E-state index is -0.461. The number of nitrogens with two attached hydrogens (primary N) is 1. The summed E-state index contributed by atoms with van der Waals surface area (Å²) in [5, 5.41) is 2.96. The molecule has 1 rings (SSSR count).